The van der Waals surface area contributed by atoms with E-state index in [0.29, 0.717) is 12.3 Å². The third kappa shape index (κ3) is 2.24. The molecular formula is C10H12N2O3. The molecule has 0 unspecified atom stereocenters. The number of ether oxygens (including phenoxy) is 1. The monoisotopic (exact) mass is 208 g/mol. The number of benzene rings is 1. The van der Waals surface area contributed by atoms with E-state index in [0.717, 1.165) is 18.4 Å². The molecule has 15 heavy (non-hydrogen) atoms. The average Bonchev–Trinajstić information content (AvgIpc) is 3.01. The fourth-order valence-electron chi connectivity index (χ4n) is 1.30. The van der Waals surface area contributed by atoms with Crippen molar-refractivity contribution in [2.75, 3.05) is 0 Å². The maximum Gasteiger partial charge on any atom is 0.310 e. The quantitative estimate of drug-likeness (QED) is 0.602. The van der Waals surface area contributed by atoms with Gasteiger partial charge in [0.25, 0.3) is 0 Å². The zero-order chi connectivity index (χ0) is 10.8. The Morgan fingerprint density at radius 2 is 2.27 bits per heavy atom. The SMILES string of the molecule is NCc1ccc([N+](=O)[O-])c(OC2CC2)c1. The molecule has 0 amide bonds. The Hall–Kier alpha value is -1.62. The number of nitro benzene ring substituents is 1. The number of rotatable bonds is 4. The summed E-state index contributed by atoms with van der Waals surface area (Å²) in [5.41, 5.74) is 6.32. The summed E-state index contributed by atoms with van der Waals surface area (Å²) in [7, 11) is 0. The smallest absolute Gasteiger partial charge is 0.310 e. The summed E-state index contributed by atoms with van der Waals surface area (Å²) in [6, 6.07) is 4.74. The van der Waals surface area contributed by atoms with Crippen LogP contribution in [0.4, 0.5) is 5.69 Å². The number of hydrogen-bond acceptors (Lipinski definition) is 4. The van der Waals surface area contributed by atoms with Gasteiger partial charge in [0.15, 0.2) is 5.75 Å². The second-order valence-corrected chi connectivity index (χ2v) is 3.58. The first-order chi connectivity index (χ1) is 7.20. The highest BCUT2D eigenvalue weighted by Crippen LogP contribution is 2.33. The van der Waals surface area contributed by atoms with Gasteiger partial charge in [0, 0.05) is 12.6 Å². The molecule has 0 aliphatic heterocycles. The Morgan fingerprint density at radius 1 is 1.53 bits per heavy atom. The zero-order valence-corrected chi connectivity index (χ0v) is 8.18. The highest BCUT2D eigenvalue weighted by molar-refractivity contribution is 5.48. The summed E-state index contributed by atoms with van der Waals surface area (Å²) in [4.78, 5) is 10.3. The van der Waals surface area contributed by atoms with Crippen molar-refractivity contribution in [1.82, 2.24) is 0 Å². The minimum atomic E-state index is -0.433. The molecule has 1 aromatic rings. The van der Waals surface area contributed by atoms with E-state index in [9.17, 15) is 10.1 Å². The summed E-state index contributed by atoms with van der Waals surface area (Å²) in [5, 5.41) is 10.7. The first kappa shape index (κ1) is 9.92. The second kappa shape index (κ2) is 3.86. The van der Waals surface area contributed by atoms with Crippen LogP contribution in [0.15, 0.2) is 18.2 Å². The second-order valence-electron chi connectivity index (χ2n) is 3.58. The first-order valence-corrected chi connectivity index (χ1v) is 4.84. The van der Waals surface area contributed by atoms with Gasteiger partial charge in [-0.1, -0.05) is 6.07 Å². The van der Waals surface area contributed by atoms with Crippen molar-refractivity contribution in [3.63, 3.8) is 0 Å². The Balaban J connectivity index is 2.30. The molecule has 2 N–H and O–H groups in total. The van der Waals surface area contributed by atoms with Crippen LogP contribution in [0, 0.1) is 10.1 Å². The first-order valence-electron chi connectivity index (χ1n) is 4.84. The van der Waals surface area contributed by atoms with Gasteiger partial charge in [0.2, 0.25) is 0 Å². The summed E-state index contributed by atoms with van der Waals surface area (Å²) >= 11 is 0. The standard InChI is InChI=1S/C10H12N2O3/c11-6-7-1-4-9(12(13)14)10(5-7)15-8-2-3-8/h1,4-5,8H,2-3,6,11H2. The van der Waals surface area contributed by atoms with Gasteiger partial charge in [-0.15, -0.1) is 0 Å². The number of nitro groups is 1. The molecule has 0 radical (unpaired) electrons. The molecule has 0 saturated heterocycles. The fourth-order valence-corrected chi connectivity index (χ4v) is 1.30. The maximum absolute atomic E-state index is 10.7. The van der Waals surface area contributed by atoms with E-state index in [4.69, 9.17) is 10.5 Å². The van der Waals surface area contributed by atoms with Crippen molar-refractivity contribution in [1.29, 1.82) is 0 Å². The van der Waals surface area contributed by atoms with Gasteiger partial charge in [0.1, 0.15) is 0 Å². The van der Waals surface area contributed by atoms with Crippen LogP contribution in [-0.2, 0) is 6.54 Å². The van der Waals surface area contributed by atoms with E-state index < -0.39 is 4.92 Å². The molecule has 1 fully saturated rings. The highest BCUT2D eigenvalue weighted by atomic mass is 16.6. The minimum absolute atomic E-state index is 0.0131. The van der Waals surface area contributed by atoms with Crippen LogP contribution in [0.25, 0.3) is 0 Å². The lowest BCUT2D eigenvalue weighted by Gasteiger charge is -2.06. The van der Waals surface area contributed by atoms with Crippen LogP contribution >= 0.6 is 0 Å². The molecule has 5 nitrogen and oxygen atoms in total. The summed E-state index contributed by atoms with van der Waals surface area (Å²) in [6.45, 7) is 0.360. The molecular weight excluding hydrogens is 196 g/mol. The average molecular weight is 208 g/mol. The van der Waals surface area contributed by atoms with Gasteiger partial charge < -0.3 is 10.5 Å². The van der Waals surface area contributed by atoms with Crippen LogP contribution in [0.5, 0.6) is 5.75 Å². The molecule has 2 rings (SSSR count). The number of nitrogens with two attached hydrogens (primary N) is 1. The zero-order valence-electron chi connectivity index (χ0n) is 8.18. The summed E-state index contributed by atoms with van der Waals surface area (Å²) in [5.74, 6) is 0.338. The van der Waals surface area contributed by atoms with Crippen LogP contribution in [0.2, 0.25) is 0 Å². The maximum atomic E-state index is 10.7. The number of nitrogens with zero attached hydrogens (tertiary/aromatic N) is 1. The highest BCUT2D eigenvalue weighted by Gasteiger charge is 2.27. The lowest BCUT2D eigenvalue weighted by molar-refractivity contribution is -0.386. The molecule has 0 atom stereocenters. The van der Waals surface area contributed by atoms with Gasteiger partial charge in [-0.25, -0.2) is 0 Å². The Bertz CT molecular complexity index is 388. The lowest BCUT2D eigenvalue weighted by atomic mass is 10.2. The van der Waals surface area contributed by atoms with Gasteiger partial charge in [0.05, 0.1) is 11.0 Å². The minimum Gasteiger partial charge on any atom is -0.483 e. The molecule has 1 aliphatic carbocycles. The predicted molar refractivity (Wildman–Crippen MR) is 54.6 cm³/mol. The van der Waals surface area contributed by atoms with Crippen LogP contribution in [-0.4, -0.2) is 11.0 Å². The van der Waals surface area contributed by atoms with E-state index >= 15 is 0 Å². The molecule has 0 bridgehead atoms. The fraction of sp³-hybridized carbons (Fsp3) is 0.400. The molecule has 80 valence electrons. The van der Waals surface area contributed by atoms with Crippen molar-refractivity contribution in [2.24, 2.45) is 5.73 Å². The summed E-state index contributed by atoms with van der Waals surface area (Å²) in [6.07, 6.45) is 2.10. The molecule has 1 aromatic carbocycles. The Morgan fingerprint density at radius 3 is 2.80 bits per heavy atom. The lowest BCUT2D eigenvalue weighted by Crippen LogP contribution is -2.03. The largest absolute Gasteiger partial charge is 0.483 e. The molecule has 5 heteroatoms. The normalized spacial score (nSPS) is 15.0. The van der Waals surface area contributed by atoms with Gasteiger partial charge >= 0.3 is 5.69 Å². The predicted octanol–water partition coefficient (Wildman–Crippen LogP) is 1.59. The van der Waals surface area contributed by atoms with Crippen molar-refractivity contribution >= 4 is 5.69 Å². The molecule has 1 saturated carbocycles. The molecule has 0 spiro atoms. The van der Waals surface area contributed by atoms with E-state index in [2.05, 4.69) is 0 Å². The van der Waals surface area contributed by atoms with Crippen molar-refractivity contribution in [3.05, 3.63) is 33.9 Å². The Kier molecular flexibility index (Phi) is 2.55. The number of hydrogen-bond donors (Lipinski definition) is 1. The topological polar surface area (TPSA) is 78.4 Å². The van der Waals surface area contributed by atoms with Crippen molar-refractivity contribution in [2.45, 2.75) is 25.5 Å². The van der Waals surface area contributed by atoms with Gasteiger partial charge in [-0.05, 0) is 24.5 Å². The van der Waals surface area contributed by atoms with Crippen molar-refractivity contribution in [3.8, 4) is 5.75 Å². The van der Waals surface area contributed by atoms with Crippen molar-refractivity contribution < 1.29 is 9.66 Å². The van der Waals surface area contributed by atoms with Crippen LogP contribution < -0.4 is 10.5 Å². The van der Waals surface area contributed by atoms with E-state index in [1.807, 2.05) is 0 Å². The van der Waals surface area contributed by atoms with Gasteiger partial charge in [-0.3, -0.25) is 10.1 Å². The molecule has 1 aliphatic rings. The van der Waals surface area contributed by atoms with Crippen LogP contribution in [0.3, 0.4) is 0 Å². The Labute approximate surface area is 87.0 Å². The summed E-state index contributed by atoms with van der Waals surface area (Å²) < 4.78 is 5.46. The van der Waals surface area contributed by atoms with Gasteiger partial charge in [-0.2, -0.15) is 0 Å². The third-order valence-electron chi connectivity index (χ3n) is 2.27. The van der Waals surface area contributed by atoms with E-state index in [1.165, 1.54) is 6.07 Å². The third-order valence-corrected chi connectivity index (χ3v) is 2.27. The molecule has 0 heterocycles. The van der Waals surface area contributed by atoms with E-state index in [1.54, 1.807) is 12.1 Å². The molecule has 0 aromatic heterocycles. The van der Waals surface area contributed by atoms with E-state index in [-0.39, 0.29) is 11.8 Å². The van der Waals surface area contributed by atoms with Crippen LogP contribution in [0.1, 0.15) is 18.4 Å².